The number of benzene rings is 1. The predicted molar refractivity (Wildman–Crippen MR) is 71.8 cm³/mol. The maximum Gasteiger partial charge on any atom is 0.169 e. The molecular formula is C12H15BrF2OS. The zero-order valence-corrected chi connectivity index (χ0v) is 12.0. The van der Waals surface area contributed by atoms with Gasteiger partial charge in [-0.1, -0.05) is 13.3 Å². The molecule has 1 atom stereocenters. The number of thiol groups is 1. The maximum atomic E-state index is 13.4. The summed E-state index contributed by atoms with van der Waals surface area (Å²) < 4.78 is 32.0. The van der Waals surface area contributed by atoms with Gasteiger partial charge in [0, 0.05) is 12.0 Å². The first-order chi connectivity index (χ1) is 8.08. The van der Waals surface area contributed by atoms with Crippen molar-refractivity contribution in [1.82, 2.24) is 0 Å². The highest BCUT2D eigenvalue weighted by Gasteiger charge is 2.13. The summed E-state index contributed by atoms with van der Waals surface area (Å²) in [4.78, 5) is 0. The molecular weight excluding hydrogens is 310 g/mol. The van der Waals surface area contributed by atoms with Crippen molar-refractivity contribution in [2.75, 3.05) is 12.4 Å². The van der Waals surface area contributed by atoms with Crippen LogP contribution in [0.2, 0.25) is 0 Å². The highest BCUT2D eigenvalue weighted by molar-refractivity contribution is 9.10. The molecule has 96 valence electrons. The minimum atomic E-state index is -0.689. The average Bonchev–Trinajstić information content (AvgIpc) is 2.26. The number of ether oxygens (including phenoxy) is 1. The number of rotatable bonds is 6. The zero-order chi connectivity index (χ0) is 12.8. The lowest BCUT2D eigenvalue weighted by atomic mass is 10.1. The van der Waals surface area contributed by atoms with Gasteiger partial charge in [-0.05, 0) is 34.2 Å². The topological polar surface area (TPSA) is 9.23 Å². The van der Waals surface area contributed by atoms with Gasteiger partial charge < -0.3 is 4.74 Å². The fraction of sp³-hybridized carbons (Fsp3) is 0.500. The van der Waals surface area contributed by atoms with Crippen molar-refractivity contribution in [2.45, 2.75) is 19.8 Å². The summed E-state index contributed by atoms with van der Waals surface area (Å²) in [6.45, 7) is 2.46. The van der Waals surface area contributed by atoms with E-state index in [1.165, 1.54) is 6.07 Å². The summed E-state index contributed by atoms with van der Waals surface area (Å²) >= 11 is 7.30. The minimum Gasteiger partial charge on any atom is -0.489 e. The van der Waals surface area contributed by atoms with Crippen molar-refractivity contribution in [2.24, 2.45) is 5.92 Å². The summed E-state index contributed by atoms with van der Waals surface area (Å²) in [7, 11) is 0. The average molecular weight is 325 g/mol. The Bertz CT molecular complexity index is 351. The molecule has 0 saturated heterocycles. The van der Waals surface area contributed by atoms with Crippen LogP contribution in [0.5, 0.6) is 5.75 Å². The number of halogens is 3. The third kappa shape index (κ3) is 4.47. The third-order valence-electron chi connectivity index (χ3n) is 2.38. The Balaban J connectivity index is 2.68. The smallest absolute Gasteiger partial charge is 0.169 e. The van der Waals surface area contributed by atoms with Crippen LogP contribution in [0.25, 0.3) is 0 Å². The standard InChI is InChI=1S/C12H15BrF2OS/c1-2-3-8(7-17)6-16-12-10(13)4-9(14)5-11(12)15/h4-5,8,17H,2-3,6-7H2,1H3. The molecule has 0 aliphatic heterocycles. The second kappa shape index (κ2) is 7.21. The molecule has 0 aromatic heterocycles. The zero-order valence-electron chi connectivity index (χ0n) is 9.55. The first kappa shape index (κ1) is 14.8. The fourth-order valence-electron chi connectivity index (χ4n) is 1.50. The summed E-state index contributed by atoms with van der Waals surface area (Å²) in [5, 5.41) is 0. The molecule has 0 fully saturated rings. The van der Waals surface area contributed by atoms with E-state index in [0.717, 1.165) is 18.9 Å². The van der Waals surface area contributed by atoms with E-state index in [1.807, 2.05) is 0 Å². The van der Waals surface area contributed by atoms with E-state index in [-0.39, 0.29) is 11.7 Å². The highest BCUT2D eigenvalue weighted by Crippen LogP contribution is 2.29. The SMILES string of the molecule is CCCC(CS)COc1c(F)cc(F)cc1Br. The van der Waals surface area contributed by atoms with Crippen LogP contribution in [0.1, 0.15) is 19.8 Å². The Hall–Kier alpha value is -0.290. The molecule has 0 N–H and O–H groups in total. The van der Waals surface area contributed by atoms with E-state index >= 15 is 0 Å². The number of hydrogen-bond acceptors (Lipinski definition) is 2. The molecule has 17 heavy (non-hydrogen) atoms. The first-order valence-electron chi connectivity index (χ1n) is 5.46. The Labute approximate surface area is 114 Å². The number of hydrogen-bond donors (Lipinski definition) is 1. The van der Waals surface area contributed by atoms with Gasteiger partial charge in [0.1, 0.15) is 5.82 Å². The van der Waals surface area contributed by atoms with E-state index in [1.54, 1.807) is 0 Å². The minimum absolute atomic E-state index is 0.0642. The summed E-state index contributed by atoms with van der Waals surface area (Å²) in [5.74, 6) is -0.282. The molecule has 0 saturated carbocycles. The molecule has 0 heterocycles. The molecule has 0 amide bonds. The highest BCUT2D eigenvalue weighted by atomic mass is 79.9. The summed E-state index contributed by atoms with van der Waals surface area (Å²) in [5.41, 5.74) is 0. The molecule has 0 radical (unpaired) electrons. The summed E-state index contributed by atoms with van der Waals surface area (Å²) in [6, 6.07) is 2.00. The maximum absolute atomic E-state index is 13.4. The Morgan fingerprint density at radius 1 is 1.41 bits per heavy atom. The van der Waals surface area contributed by atoms with Crippen LogP contribution in [-0.2, 0) is 0 Å². The van der Waals surface area contributed by atoms with Crippen LogP contribution in [0.15, 0.2) is 16.6 Å². The lowest BCUT2D eigenvalue weighted by Crippen LogP contribution is -2.14. The molecule has 1 unspecified atom stereocenters. The lowest BCUT2D eigenvalue weighted by molar-refractivity contribution is 0.242. The molecule has 0 bridgehead atoms. The van der Waals surface area contributed by atoms with Crippen molar-refractivity contribution in [1.29, 1.82) is 0 Å². The van der Waals surface area contributed by atoms with Crippen molar-refractivity contribution < 1.29 is 13.5 Å². The monoisotopic (exact) mass is 324 g/mol. The second-order valence-electron chi connectivity index (χ2n) is 3.85. The van der Waals surface area contributed by atoms with Gasteiger partial charge in [-0.3, -0.25) is 0 Å². The van der Waals surface area contributed by atoms with Crippen LogP contribution >= 0.6 is 28.6 Å². The van der Waals surface area contributed by atoms with Gasteiger partial charge in [0.25, 0.3) is 0 Å². The van der Waals surface area contributed by atoms with Crippen LogP contribution in [-0.4, -0.2) is 12.4 Å². The van der Waals surface area contributed by atoms with E-state index in [9.17, 15) is 8.78 Å². The first-order valence-corrected chi connectivity index (χ1v) is 6.89. The van der Waals surface area contributed by atoms with Crippen molar-refractivity contribution >= 4 is 28.6 Å². The molecule has 5 heteroatoms. The van der Waals surface area contributed by atoms with E-state index < -0.39 is 11.6 Å². The molecule has 0 aliphatic carbocycles. The van der Waals surface area contributed by atoms with Gasteiger partial charge >= 0.3 is 0 Å². The van der Waals surface area contributed by atoms with Gasteiger partial charge in [0.15, 0.2) is 11.6 Å². The predicted octanol–water partition coefficient (Wildman–Crippen LogP) is 4.45. The lowest BCUT2D eigenvalue weighted by Gasteiger charge is -2.15. The normalized spacial score (nSPS) is 12.5. The fourth-order valence-corrected chi connectivity index (χ4v) is 2.31. The Kier molecular flexibility index (Phi) is 6.27. The molecule has 1 aromatic carbocycles. The van der Waals surface area contributed by atoms with E-state index in [0.29, 0.717) is 16.8 Å². The van der Waals surface area contributed by atoms with E-state index in [2.05, 4.69) is 35.5 Å². The van der Waals surface area contributed by atoms with Crippen LogP contribution < -0.4 is 4.74 Å². The Morgan fingerprint density at radius 3 is 2.65 bits per heavy atom. The van der Waals surface area contributed by atoms with Gasteiger partial charge in [-0.2, -0.15) is 12.6 Å². The van der Waals surface area contributed by atoms with Crippen molar-refractivity contribution in [3.05, 3.63) is 28.2 Å². The molecule has 0 aliphatic rings. The quantitative estimate of drug-likeness (QED) is 0.760. The molecule has 0 spiro atoms. The Morgan fingerprint density at radius 2 is 2.12 bits per heavy atom. The second-order valence-corrected chi connectivity index (χ2v) is 5.07. The van der Waals surface area contributed by atoms with Crippen LogP contribution in [0.3, 0.4) is 0 Å². The summed E-state index contributed by atoms with van der Waals surface area (Å²) in [6.07, 6.45) is 2.01. The van der Waals surface area contributed by atoms with Gasteiger partial charge in [0.05, 0.1) is 11.1 Å². The molecule has 1 rings (SSSR count). The molecule has 1 aromatic rings. The van der Waals surface area contributed by atoms with Crippen LogP contribution in [0.4, 0.5) is 8.78 Å². The molecule has 1 nitrogen and oxygen atoms in total. The van der Waals surface area contributed by atoms with Gasteiger partial charge in [-0.25, -0.2) is 8.78 Å². The largest absolute Gasteiger partial charge is 0.489 e. The van der Waals surface area contributed by atoms with Crippen LogP contribution in [0, 0.1) is 17.6 Å². The van der Waals surface area contributed by atoms with Gasteiger partial charge in [-0.15, -0.1) is 0 Å². The third-order valence-corrected chi connectivity index (χ3v) is 3.49. The van der Waals surface area contributed by atoms with Gasteiger partial charge in [0.2, 0.25) is 0 Å². The van der Waals surface area contributed by atoms with E-state index in [4.69, 9.17) is 4.74 Å². The van der Waals surface area contributed by atoms with Crippen molar-refractivity contribution in [3.8, 4) is 5.75 Å². The van der Waals surface area contributed by atoms with Crippen molar-refractivity contribution in [3.63, 3.8) is 0 Å².